The van der Waals surface area contributed by atoms with Gasteiger partial charge in [-0.15, -0.1) is 0 Å². The molecule has 4 aromatic heterocycles. The Bertz CT molecular complexity index is 4730. The van der Waals surface area contributed by atoms with E-state index in [2.05, 4.69) is 19.9 Å². The Morgan fingerprint density at radius 3 is 0.522 bits per heavy atom. The van der Waals surface area contributed by atoms with Gasteiger partial charge in [-0.25, -0.2) is 0 Å². The van der Waals surface area contributed by atoms with Gasteiger partial charge in [0.1, 0.15) is 0 Å². The zero-order valence-electron chi connectivity index (χ0n) is 46.0. The van der Waals surface area contributed by atoms with Crippen molar-refractivity contribution in [2.24, 2.45) is 0 Å². The Morgan fingerprint density at radius 1 is 0.217 bits per heavy atom. The normalized spacial score (nSPS) is 11.7. The first-order valence-electron chi connectivity index (χ1n) is 26.5. The molecule has 0 saturated heterocycles. The molecule has 0 aliphatic heterocycles. The van der Waals surface area contributed by atoms with E-state index in [9.17, 15) is 79.2 Å². The first-order valence-corrected chi connectivity index (χ1v) is 26.5. The molecule has 8 aromatic carbocycles. The maximum Gasteiger partial charge on any atom is 2.00 e. The van der Waals surface area contributed by atoms with E-state index >= 15 is 0 Å². The van der Waals surface area contributed by atoms with Crippen molar-refractivity contribution in [2.75, 3.05) is 0 Å². The van der Waals surface area contributed by atoms with Gasteiger partial charge < -0.3 is 99.1 Å². The molecule has 0 radical (unpaired) electrons. The molecule has 13 rings (SSSR count). The fraction of sp³-hybridized carbons (Fsp3) is 0. The molecular weight excluding hydrogens is 1910 g/mol. The van der Waals surface area contributed by atoms with Crippen molar-refractivity contribution in [1.82, 2.24) is 19.9 Å². The van der Waals surface area contributed by atoms with Crippen molar-refractivity contribution in [3.63, 3.8) is 0 Å². The summed E-state index contributed by atoms with van der Waals surface area (Å²) in [6.07, 6.45) is 0. The van der Waals surface area contributed by atoms with Crippen molar-refractivity contribution in [3.05, 3.63) is 281 Å². The molecule has 24 heteroatoms. The van der Waals surface area contributed by atoms with Crippen LogP contribution in [0.25, 0.3) is 65.4 Å². The van der Waals surface area contributed by atoms with Crippen molar-refractivity contribution in [3.8, 4) is 0 Å². The summed E-state index contributed by atoms with van der Waals surface area (Å²) in [7, 11) is 0. The SMILES string of the molecule is O=C([O-])c1cc(C(=O)[O-])cc(C2=c3[nH]c(c4ccccc34)=C(c3cc(C(=O)[O-])cc(C(=O)[O-])c3)c3[nH]c(c4ccccc34)C(c3cc(C(=O)[O-])cc(C(=O)[O-])c3)=c3[nH]c(c4ccccc34)=C(c3cc(C(=O)[O-])cc(C(=O)[O-])c3)c3[nH]c2c2ccccc32)c1.[Pt+2].[Pt+2].[Pt+2].[Pt+2]. The van der Waals surface area contributed by atoms with Crippen LogP contribution in [0.1, 0.15) is 128 Å². The van der Waals surface area contributed by atoms with Gasteiger partial charge in [0.15, 0.2) is 0 Å². The van der Waals surface area contributed by atoms with Crippen LogP contribution in [0, 0.1) is 0 Å². The van der Waals surface area contributed by atoms with E-state index in [0.29, 0.717) is 43.1 Å². The first-order chi connectivity index (χ1) is 42.2. The monoisotopic (exact) mass is 1940 g/mol. The summed E-state index contributed by atoms with van der Waals surface area (Å²) < 4.78 is 0. The third-order valence-electron chi connectivity index (χ3n) is 15.6. The Kier molecular flexibility index (Phi) is 18.5. The first kappa shape index (κ1) is 66.3. The molecule has 0 amide bonds. The Morgan fingerprint density at radius 2 is 0.370 bits per heavy atom. The summed E-state index contributed by atoms with van der Waals surface area (Å²) in [4.78, 5) is 118. The van der Waals surface area contributed by atoms with Crippen molar-refractivity contribution >= 4 is 113 Å². The van der Waals surface area contributed by atoms with E-state index < -0.39 is 92.3 Å². The van der Waals surface area contributed by atoms with E-state index in [1.165, 1.54) is 0 Å². The van der Waals surface area contributed by atoms with Gasteiger partial charge in [-0.2, -0.15) is 0 Å². The molecule has 0 saturated carbocycles. The fourth-order valence-corrected chi connectivity index (χ4v) is 12.0. The van der Waals surface area contributed by atoms with E-state index in [4.69, 9.17) is 0 Å². The molecule has 92 heavy (non-hydrogen) atoms. The topological polar surface area (TPSA) is 384 Å². The number of aromatic carboxylic acids is 8. The number of carboxylic acid groups (broad SMARTS) is 8. The predicted molar refractivity (Wildman–Crippen MR) is 299 cm³/mol. The Labute approximate surface area is 572 Å². The third-order valence-corrected chi connectivity index (χ3v) is 15.6. The number of H-pyrrole nitrogens is 4. The second-order valence-electron chi connectivity index (χ2n) is 20.7. The minimum Gasteiger partial charge on any atom is -0.545 e. The van der Waals surface area contributed by atoms with Crippen molar-refractivity contribution in [1.29, 1.82) is 0 Å². The van der Waals surface area contributed by atoms with Crippen LogP contribution >= 0.6 is 0 Å². The molecule has 0 unspecified atom stereocenters. The molecule has 4 N–H and O–H groups in total. The largest absolute Gasteiger partial charge is 2.00 e. The molecule has 8 bridgehead atoms. The average molecular weight is 1940 g/mol. The van der Waals surface area contributed by atoms with Crippen LogP contribution in [-0.4, -0.2) is 67.7 Å². The maximum absolute atomic E-state index is 13.0. The van der Waals surface area contributed by atoms with Gasteiger partial charge >= 0.3 is 84.3 Å². The second kappa shape index (κ2) is 25.7. The molecule has 1 aliphatic carbocycles. The number of rotatable bonds is 12. The molecule has 0 fully saturated rings. The standard InChI is InChI=1S/C68H40N4O16.4Pt/c73-61(74)33-17-29(18-34(25-33)62(75)76)49-53-41-9-1-2-10-42(41)54(69-53)50(30-19-35(63(77)78)26-36(20-30)64(79)80)56-45-13-5-6-14-46(45)58(71-56)52(32-23-39(67(85)86)28-40(24-32)68(87)88)60-48-16-8-7-15-47(48)59(72-60)51(57-44-12-4-3-11-43(44)55(49)70-57)31-21-37(65(81)82)27-38(22-31)66(83)84;;;;/h1-28,69-72H,(H,73,74)(H,75,76)(H,77,78)(H,79,80)(H,81,82)(H,83,84)(H,85,86)(H,87,88);;;;/q;4*+2/p-8. The molecular formula is C68H32N4O16Pt4. The van der Waals surface area contributed by atoms with Gasteiger partial charge in [-0.3, -0.25) is 0 Å². The molecule has 20 nitrogen and oxygen atoms in total. The number of benzene rings is 8. The predicted octanol–water partition coefficient (Wildman–Crippen LogP) is -2.19. The minimum absolute atomic E-state index is 0. The summed E-state index contributed by atoms with van der Waals surface area (Å²) in [6.45, 7) is 0. The van der Waals surface area contributed by atoms with Crippen LogP contribution in [0.4, 0.5) is 0 Å². The van der Waals surface area contributed by atoms with Gasteiger partial charge in [0, 0.05) is 65.4 Å². The zero-order chi connectivity index (χ0) is 61.7. The maximum atomic E-state index is 13.0. The Hall–Kier alpha value is -10.1. The molecule has 0 atom stereocenters. The van der Waals surface area contributed by atoms with Gasteiger partial charge in [0.25, 0.3) is 0 Å². The number of carbonyl (C=O) groups excluding carboxylic acids is 8. The van der Waals surface area contributed by atoms with Crippen LogP contribution < -0.4 is 62.2 Å². The summed E-state index contributed by atoms with van der Waals surface area (Å²) in [5.41, 5.74) is -4.62. The van der Waals surface area contributed by atoms with Gasteiger partial charge in [-0.1, -0.05) is 97.1 Å². The van der Waals surface area contributed by atoms with Crippen LogP contribution in [0.3, 0.4) is 0 Å². The van der Waals surface area contributed by atoms with Crippen molar-refractivity contribution < 1.29 is 163 Å². The number of hydrogen-bond donors (Lipinski definition) is 4. The number of carbonyl (C=O) groups is 8. The van der Waals surface area contributed by atoms with E-state index in [0.717, 1.165) is 72.8 Å². The molecule has 460 valence electrons. The molecule has 12 aromatic rings. The van der Waals surface area contributed by atoms with E-state index in [1.54, 1.807) is 97.1 Å². The van der Waals surface area contributed by atoms with Crippen LogP contribution in [-0.2, 0) is 84.3 Å². The van der Waals surface area contributed by atoms with E-state index in [1.807, 2.05) is 0 Å². The number of carboxylic acids is 8. The second-order valence-corrected chi connectivity index (χ2v) is 20.7. The number of aromatic nitrogens is 4. The molecule has 0 spiro atoms. The van der Waals surface area contributed by atoms with Gasteiger partial charge in [0.2, 0.25) is 0 Å². The smallest absolute Gasteiger partial charge is 0.545 e. The quantitative estimate of drug-likeness (QED) is 0.101. The average Bonchev–Trinajstić information content (AvgIpc) is 1.56. The van der Waals surface area contributed by atoms with Crippen LogP contribution in [0.5, 0.6) is 0 Å². The summed E-state index contributed by atoms with van der Waals surface area (Å²) in [5.74, 6) is -14.3. The minimum atomic E-state index is -1.78. The number of hydrogen-bond acceptors (Lipinski definition) is 16. The van der Waals surface area contributed by atoms with E-state index in [-0.39, 0.29) is 173 Å². The van der Waals surface area contributed by atoms with Crippen molar-refractivity contribution in [2.45, 2.75) is 0 Å². The van der Waals surface area contributed by atoms with Gasteiger partial charge in [0.05, 0.1) is 91.9 Å². The fourth-order valence-electron chi connectivity index (χ4n) is 12.0. The van der Waals surface area contributed by atoms with Gasteiger partial charge in [-0.05, 0) is 140 Å². The molecule has 1 aliphatic rings. The molecule has 4 heterocycles. The third kappa shape index (κ3) is 11.3. The number of aromatic amines is 4. The summed E-state index contributed by atoms with van der Waals surface area (Å²) in [6, 6.07) is 39.2. The number of nitrogens with one attached hydrogen (secondary N) is 4. The Balaban J connectivity index is 0.00000250. The van der Waals surface area contributed by atoms with Crippen LogP contribution in [0.15, 0.2) is 170 Å². The summed E-state index contributed by atoms with van der Waals surface area (Å²) in [5, 5.41) is 107. The zero-order valence-corrected chi connectivity index (χ0v) is 55.1. The summed E-state index contributed by atoms with van der Waals surface area (Å²) >= 11 is 0. The van der Waals surface area contributed by atoms with Crippen LogP contribution in [0.2, 0.25) is 0 Å².